The van der Waals surface area contributed by atoms with Crippen molar-refractivity contribution in [3.05, 3.63) is 0 Å². The Kier molecular flexibility index (Phi) is 4.27. The van der Waals surface area contributed by atoms with Crippen LogP contribution in [0.2, 0.25) is 0 Å². The summed E-state index contributed by atoms with van der Waals surface area (Å²) in [7, 11) is 0. The van der Waals surface area contributed by atoms with Crippen molar-refractivity contribution in [2.75, 3.05) is 18.6 Å². The number of carbonyl (C=O) groups is 1. The van der Waals surface area contributed by atoms with Gasteiger partial charge in [0.2, 0.25) is 5.91 Å². The van der Waals surface area contributed by atoms with Crippen LogP contribution in [0.25, 0.3) is 0 Å². The zero-order valence-corrected chi connectivity index (χ0v) is 9.32. The van der Waals surface area contributed by atoms with Crippen molar-refractivity contribution in [2.24, 2.45) is 5.41 Å². The highest BCUT2D eigenvalue weighted by atomic mass is 32.2. The van der Waals surface area contributed by atoms with Gasteiger partial charge in [-0.3, -0.25) is 4.79 Å². The van der Waals surface area contributed by atoms with Crippen molar-refractivity contribution >= 4 is 17.7 Å². The normalized spacial score (nSPS) is 17.1. The SMILES string of the molecule is CSCCCCNC(=O)C1(C#N)CC1. The van der Waals surface area contributed by atoms with Crippen molar-refractivity contribution in [1.82, 2.24) is 5.32 Å². The number of nitriles is 1. The zero-order chi connectivity index (χ0) is 10.4. The number of rotatable bonds is 6. The Balaban J connectivity index is 2.08. The molecule has 3 nitrogen and oxygen atoms in total. The van der Waals surface area contributed by atoms with E-state index in [-0.39, 0.29) is 5.91 Å². The van der Waals surface area contributed by atoms with Gasteiger partial charge < -0.3 is 5.32 Å². The second-order valence-corrected chi connectivity index (χ2v) is 4.64. The van der Waals surface area contributed by atoms with Gasteiger partial charge in [0.25, 0.3) is 0 Å². The predicted molar refractivity (Wildman–Crippen MR) is 57.9 cm³/mol. The highest BCUT2D eigenvalue weighted by Crippen LogP contribution is 2.44. The number of thioether (sulfide) groups is 1. The molecule has 0 aromatic rings. The van der Waals surface area contributed by atoms with E-state index in [9.17, 15) is 4.79 Å². The molecule has 1 fully saturated rings. The Morgan fingerprint density at radius 2 is 2.29 bits per heavy atom. The maximum absolute atomic E-state index is 11.5. The first-order chi connectivity index (χ1) is 6.75. The predicted octanol–water partition coefficient (Wildman–Crippen LogP) is 1.55. The van der Waals surface area contributed by atoms with Crippen molar-refractivity contribution in [3.8, 4) is 6.07 Å². The average molecular weight is 212 g/mol. The van der Waals surface area contributed by atoms with Crippen LogP contribution in [0.5, 0.6) is 0 Å². The highest BCUT2D eigenvalue weighted by Gasteiger charge is 2.50. The quantitative estimate of drug-likeness (QED) is 0.680. The van der Waals surface area contributed by atoms with E-state index in [0.29, 0.717) is 6.54 Å². The van der Waals surface area contributed by atoms with Crippen LogP contribution in [0.15, 0.2) is 0 Å². The maximum atomic E-state index is 11.5. The van der Waals surface area contributed by atoms with Crippen LogP contribution in [0, 0.1) is 16.7 Å². The number of nitrogens with one attached hydrogen (secondary N) is 1. The van der Waals surface area contributed by atoms with Crippen molar-refractivity contribution < 1.29 is 4.79 Å². The van der Waals surface area contributed by atoms with Crippen LogP contribution in [0.1, 0.15) is 25.7 Å². The van der Waals surface area contributed by atoms with E-state index in [0.717, 1.165) is 31.4 Å². The first kappa shape index (κ1) is 11.4. The molecule has 0 atom stereocenters. The van der Waals surface area contributed by atoms with E-state index in [2.05, 4.69) is 17.6 Å². The first-order valence-electron chi connectivity index (χ1n) is 4.94. The lowest BCUT2D eigenvalue weighted by molar-refractivity contribution is -0.124. The summed E-state index contributed by atoms with van der Waals surface area (Å²) in [4.78, 5) is 11.5. The molecule has 0 radical (unpaired) electrons. The van der Waals surface area contributed by atoms with Gasteiger partial charge in [0.1, 0.15) is 5.41 Å². The number of amides is 1. The lowest BCUT2D eigenvalue weighted by Crippen LogP contribution is -2.31. The second-order valence-electron chi connectivity index (χ2n) is 3.65. The fourth-order valence-corrected chi connectivity index (χ4v) is 1.75. The van der Waals surface area contributed by atoms with Crippen LogP contribution in [-0.4, -0.2) is 24.5 Å². The van der Waals surface area contributed by atoms with Gasteiger partial charge in [0.15, 0.2) is 0 Å². The minimum Gasteiger partial charge on any atom is -0.355 e. The third-order valence-electron chi connectivity index (χ3n) is 2.46. The zero-order valence-electron chi connectivity index (χ0n) is 8.51. The molecule has 1 saturated carbocycles. The number of hydrogen-bond acceptors (Lipinski definition) is 3. The lowest BCUT2D eigenvalue weighted by Gasteiger charge is -2.07. The molecule has 0 spiro atoms. The molecule has 78 valence electrons. The molecule has 0 aromatic heterocycles. The topological polar surface area (TPSA) is 52.9 Å². The molecule has 0 saturated heterocycles. The molecule has 4 heteroatoms. The molecule has 1 amide bonds. The summed E-state index contributed by atoms with van der Waals surface area (Å²) in [6.45, 7) is 0.711. The molecule has 0 bridgehead atoms. The van der Waals surface area contributed by atoms with Gasteiger partial charge in [-0.15, -0.1) is 0 Å². The van der Waals surface area contributed by atoms with Gasteiger partial charge in [-0.1, -0.05) is 0 Å². The standard InChI is InChI=1S/C10H16N2OS/c1-14-7-3-2-6-12-9(13)10(8-11)4-5-10/h2-7H2,1H3,(H,12,13). The summed E-state index contributed by atoms with van der Waals surface area (Å²) < 4.78 is 0. The molecule has 14 heavy (non-hydrogen) atoms. The second kappa shape index (κ2) is 5.26. The third-order valence-corrected chi connectivity index (χ3v) is 3.16. The van der Waals surface area contributed by atoms with Crippen molar-refractivity contribution in [1.29, 1.82) is 5.26 Å². The largest absolute Gasteiger partial charge is 0.355 e. The number of unbranched alkanes of at least 4 members (excludes halogenated alkanes) is 1. The van der Waals surface area contributed by atoms with Crippen molar-refractivity contribution in [3.63, 3.8) is 0 Å². The summed E-state index contributed by atoms with van der Waals surface area (Å²) in [5.74, 6) is 1.07. The molecule has 0 heterocycles. The molecule has 1 N–H and O–H groups in total. The van der Waals surface area contributed by atoms with E-state index in [1.807, 2.05) is 11.8 Å². The Morgan fingerprint density at radius 3 is 2.79 bits per heavy atom. The van der Waals surface area contributed by atoms with E-state index < -0.39 is 5.41 Å². The molecular weight excluding hydrogens is 196 g/mol. The molecule has 0 aromatic carbocycles. The van der Waals surface area contributed by atoms with Crippen LogP contribution in [0.4, 0.5) is 0 Å². The fraction of sp³-hybridized carbons (Fsp3) is 0.800. The molecular formula is C10H16N2OS. The summed E-state index contributed by atoms with van der Waals surface area (Å²) in [6.07, 6.45) is 5.68. The van der Waals surface area contributed by atoms with Crippen molar-refractivity contribution in [2.45, 2.75) is 25.7 Å². The Morgan fingerprint density at radius 1 is 1.57 bits per heavy atom. The Labute approximate surface area is 89.2 Å². The van der Waals surface area contributed by atoms with Gasteiger partial charge in [-0.2, -0.15) is 17.0 Å². The van der Waals surface area contributed by atoms with E-state index in [1.54, 1.807) is 0 Å². The number of carbonyl (C=O) groups excluding carboxylic acids is 1. The molecule has 1 aliphatic carbocycles. The van der Waals surface area contributed by atoms with Gasteiger partial charge in [0.05, 0.1) is 6.07 Å². The lowest BCUT2D eigenvalue weighted by atomic mass is 10.1. The van der Waals surface area contributed by atoms with Gasteiger partial charge in [-0.25, -0.2) is 0 Å². The number of hydrogen-bond donors (Lipinski definition) is 1. The van der Waals surface area contributed by atoms with Crippen LogP contribution < -0.4 is 5.32 Å². The van der Waals surface area contributed by atoms with E-state index in [1.165, 1.54) is 0 Å². The van der Waals surface area contributed by atoms with E-state index >= 15 is 0 Å². The summed E-state index contributed by atoms with van der Waals surface area (Å²) in [5, 5.41) is 11.6. The summed E-state index contributed by atoms with van der Waals surface area (Å²) in [6, 6.07) is 2.09. The minimum atomic E-state index is -0.653. The summed E-state index contributed by atoms with van der Waals surface area (Å²) in [5.41, 5.74) is -0.653. The smallest absolute Gasteiger partial charge is 0.240 e. The molecule has 1 rings (SSSR count). The van der Waals surface area contributed by atoms with Gasteiger partial charge in [0, 0.05) is 6.54 Å². The molecule has 1 aliphatic rings. The molecule has 0 unspecified atom stereocenters. The highest BCUT2D eigenvalue weighted by molar-refractivity contribution is 7.98. The number of nitrogens with zero attached hydrogens (tertiary/aromatic N) is 1. The third kappa shape index (κ3) is 2.91. The fourth-order valence-electron chi connectivity index (χ4n) is 1.26. The summed E-state index contributed by atoms with van der Waals surface area (Å²) >= 11 is 1.82. The Hall–Kier alpha value is -0.690. The Bertz CT molecular complexity index is 243. The van der Waals surface area contributed by atoms with Crippen LogP contribution >= 0.6 is 11.8 Å². The van der Waals surface area contributed by atoms with Crippen LogP contribution in [-0.2, 0) is 4.79 Å². The first-order valence-corrected chi connectivity index (χ1v) is 6.33. The monoisotopic (exact) mass is 212 g/mol. The average Bonchev–Trinajstić information content (AvgIpc) is 2.98. The minimum absolute atomic E-state index is 0.0656. The van der Waals surface area contributed by atoms with Crippen LogP contribution in [0.3, 0.4) is 0 Å². The van der Waals surface area contributed by atoms with Gasteiger partial charge in [-0.05, 0) is 37.7 Å². The van der Waals surface area contributed by atoms with Gasteiger partial charge >= 0.3 is 0 Å². The maximum Gasteiger partial charge on any atom is 0.240 e. The van der Waals surface area contributed by atoms with E-state index in [4.69, 9.17) is 5.26 Å². The molecule has 0 aliphatic heterocycles.